The summed E-state index contributed by atoms with van der Waals surface area (Å²) in [4.78, 5) is 11.8. The van der Waals surface area contributed by atoms with Crippen molar-refractivity contribution in [2.45, 2.75) is 13.0 Å². The Hall–Kier alpha value is -0.610. The van der Waals surface area contributed by atoms with Crippen molar-refractivity contribution in [1.82, 2.24) is 4.90 Å². The molecule has 0 radical (unpaired) electrons. The lowest BCUT2D eigenvalue weighted by molar-refractivity contribution is -0.123. The van der Waals surface area contributed by atoms with Gasteiger partial charge < -0.3 is 10.8 Å². The average Bonchev–Trinajstić information content (AvgIpc) is 1.84. The number of amides is 1. The molecule has 1 unspecified atom stereocenters. The zero-order valence-corrected chi connectivity index (χ0v) is 5.66. The predicted molar refractivity (Wildman–Crippen MR) is 33.5 cm³/mol. The third-order valence-corrected chi connectivity index (χ3v) is 1.30. The topological polar surface area (TPSA) is 66.6 Å². The van der Waals surface area contributed by atoms with Crippen LogP contribution in [0.5, 0.6) is 0 Å². The van der Waals surface area contributed by atoms with Crippen molar-refractivity contribution in [2.24, 2.45) is 5.73 Å². The lowest BCUT2D eigenvalue weighted by Gasteiger charge is -2.17. The monoisotopic (exact) mass is 132 g/mol. The molecule has 0 aliphatic heterocycles. The first kappa shape index (κ1) is 8.39. The first-order valence-electron chi connectivity index (χ1n) is 2.70. The molecule has 0 fully saturated rings. The highest BCUT2D eigenvalue weighted by molar-refractivity contribution is 5.79. The van der Waals surface area contributed by atoms with Crippen molar-refractivity contribution in [3.63, 3.8) is 0 Å². The number of carbonyl (C=O) groups excluding carboxylic acids is 1. The smallest absolute Gasteiger partial charge is 0.234 e. The maximum Gasteiger partial charge on any atom is 0.234 e. The number of carbonyl (C=O) groups is 1. The van der Waals surface area contributed by atoms with E-state index in [-0.39, 0.29) is 6.73 Å². The Balaban J connectivity index is 3.72. The zero-order valence-electron chi connectivity index (χ0n) is 5.66. The number of likely N-dealkylation sites (N-methyl/N-ethyl adjacent to an activating group) is 1. The standard InChI is InChI=1S/C5H12N2O2/c1-4(5(6)9)7(2)3-8/h4,8H,3H2,1-2H3,(H2,6,9). The first-order chi connectivity index (χ1) is 4.09. The highest BCUT2D eigenvalue weighted by Crippen LogP contribution is 1.90. The van der Waals surface area contributed by atoms with Crippen molar-refractivity contribution >= 4 is 5.91 Å². The van der Waals surface area contributed by atoms with Gasteiger partial charge in [-0.05, 0) is 14.0 Å². The number of rotatable bonds is 3. The molecule has 0 rings (SSSR count). The largest absolute Gasteiger partial charge is 0.381 e. The Bertz CT molecular complexity index is 105. The van der Waals surface area contributed by atoms with Crippen LogP contribution < -0.4 is 5.73 Å². The van der Waals surface area contributed by atoms with Crippen molar-refractivity contribution in [2.75, 3.05) is 13.8 Å². The van der Waals surface area contributed by atoms with Crippen LogP contribution in [0.15, 0.2) is 0 Å². The molecule has 0 heterocycles. The van der Waals surface area contributed by atoms with Gasteiger partial charge in [0.25, 0.3) is 0 Å². The fourth-order valence-corrected chi connectivity index (χ4v) is 0.340. The molecule has 4 heteroatoms. The maximum absolute atomic E-state index is 10.4. The molecule has 0 spiro atoms. The quantitative estimate of drug-likeness (QED) is 0.471. The van der Waals surface area contributed by atoms with E-state index in [4.69, 9.17) is 10.8 Å². The van der Waals surface area contributed by atoms with E-state index in [1.54, 1.807) is 14.0 Å². The molecular formula is C5H12N2O2. The van der Waals surface area contributed by atoms with E-state index in [1.807, 2.05) is 0 Å². The summed E-state index contributed by atoms with van der Waals surface area (Å²) in [6.07, 6.45) is 0. The molecule has 1 atom stereocenters. The molecule has 0 bridgehead atoms. The molecule has 0 aliphatic rings. The third-order valence-electron chi connectivity index (χ3n) is 1.30. The molecule has 1 amide bonds. The SMILES string of the molecule is CC(C(N)=O)N(C)CO. The van der Waals surface area contributed by atoms with Crippen LogP contribution in [0, 0.1) is 0 Å². The summed E-state index contributed by atoms with van der Waals surface area (Å²) in [6.45, 7) is 1.49. The van der Waals surface area contributed by atoms with Gasteiger partial charge in [-0.1, -0.05) is 0 Å². The van der Waals surface area contributed by atoms with Crippen LogP contribution in [0.1, 0.15) is 6.92 Å². The minimum atomic E-state index is -0.424. The van der Waals surface area contributed by atoms with Gasteiger partial charge >= 0.3 is 0 Å². The molecule has 0 aromatic heterocycles. The minimum absolute atomic E-state index is 0.149. The Labute approximate surface area is 54.3 Å². The van der Waals surface area contributed by atoms with E-state index in [1.165, 1.54) is 4.90 Å². The van der Waals surface area contributed by atoms with Gasteiger partial charge in [0, 0.05) is 0 Å². The van der Waals surface area contributed by atoms with Gasteiger partial charge in [-0.15, -0.1) is 0 Å². The molecule has 0 aromatic rings. The molecule has 3 N–H and O–H groups in total. The van der Waals surface area contributed by atoms with Crippen molar-refractivity contribution < 1.29 is 9.90 Å². The minimum Gasteiger partial charge on any atom is -0.381 e. The number of nitrogens with zero attached hydrogens (tertiary/aromatic N) is 1. The molecule has 9 heavy (non-hydrogen) atoms. The van der Waals surface area contributed by atoms with Crippen LogP contribution in [-0.2, 0) is 4.79 Å². The Morgan fingerprint density at radius 3 is 2.44 bits per heavy atom. The summed E-state index contributed by atoms with van der Waals surface area (Å²) < 4.78 is 0. The van der Waals surface area contributed by atoms with Gasteiger partial charge in [-0.3, -0.25) is 9.69 Å². The van der Waals surface area contributed by atoms with Gasteiger partial charge in [0.05, 0.1) is 12.8 Å². The normalized spacial score (nSPS) is 13.8. The summed E-state index contributed by atoms with van der Waals surface area (Å²) in [7, 11) is 1.62. The van der Waals surface area contributed by atoms with Crippen LogP contribution in [0.3, 0.4) is 0 Å². The molecule has 0 saturated carbocycles. The lowest BCUT2D eigenvalue weighted by atomic mass is 10.3. The maximum atomic E-state index is 10.4. The van der Waals surface area contributed by atoms with Gasteiger partial charge in [0.15, 0.2) is 0 Å². The Morgan fingerprint density at radius 1 is 1.89 bits per heavy atom. The number of aliphatic hydroxyl groups is 1. The van der Waals surface area contributed by atoms with Crippen LogP contribution in [0.2, 0.25) is 0 Å². The van der Waals surface area contributed by atoms with Crippen LogP contribution >= 0.6 is 0 Å². The van der Waals surface area contributed by atoms with Crippen LogP contribution in [-0.4, -0.2) is 35.7 Å². The molecule has 0 aromatic carbocycles. The van der Waals surface area contributed by atoms with Gasteiger partial charge in [-0.2, -0.15) is 0 Å². The van der Waals surface area contributed by atoms with E-state index in [0.29, 0.717) is 0 Å². The van der Waals surface area contributed by atoms with Crippen molar-refractivity contribution in [3.8, 4) is 0 Å². The second kappa shape index (κ2) is 3.42. The second-order valence-corrected chi connectivity index (χ2v) is 1.98. The number of hydrogen-bond donors (Lipinski definition) is 2. The Morgan fingerprint density at radius 2 is 2.33 bits per heavy atom. The van der Waals surface area contributed by atoms with Crippen LogP contribution in [0.4, 0.5) is 0 Å². The van der Waals surface area contributed by atoms with Gasteiger partial charge in [-0.25, -0.2) is 0 Å². The fourth-order valence-electron chi connectivity index (χ4n) is 0.340. The second-order valence-electron chi connectivity index (χ2n) is 1.98. The average molecular weight is 132 g/mol. The highest BCUT2D eigenvalue weighted by atomic mass is 16.3. The summed E-state index contributed by atoms with van der Waals surface area (Å²) >= 11 is 0. The molecule has 4 nitrogen and oxygen atoms in total. The van der Waals surface area contributed by atoms with E-state index >= 15 is 0 Å². The van der Waals surface area contributed by atoms with Gasteiger partial charge in [0.2, 0.25) is 5.91 Å². The van der Waals surface area contributed by atoms with E-state index < -0.39 is 11.9 Å². The molecule has 0 saturated heterocycles. The van der Waals surface area contributed by atoms with E-state index in [9.17, 15) is 4.79 Å². The molecule has 54 valence electrons. The van der Waals surface area contributed by atoms with E-state index in [2.05, 4.69) is 0 Å². The number of nitrogens with two attached hydrogens (primary N) is 1. The predicted octanol–water partition coefficient (Wildman–Crippen LogP) is -1.26. The summed E-state index contributed by atoms with van der Waals surface area (Å²) in [6, 6.07) is -0.394. The van der Waals surface area contributed by atoms with Crippen LogP contribution in [0.25, 0.3) is 0 Å². The number of aliphatic hydroxyl groups excluding tert-OH is 1. The molecular weight excluding hydrogens is 120 g/mol. The lowest BCUT2D eigenvalue weighted by Crippen LogP contribution is -2.40. The molecule has 0 aliphatic carbocycles. The summed E-state index contributed by atoms with van der Waals surface area (Å²) in [5.74, 6) is -0.424. The first-order valence-corrected chi connectivity index (χ1v) is 2.70. The summed E-state index contributed by atoms with van der Waals surface area (Å²) in [5.41, 5.74) is 4.92. The van der Waals surface area contributed by atoms with Crippen molar-refractivity contribution in [3.05, 3.63) is 0 Å². The zero-order chi connectivity index (χ0) is 7.44. The summed E-state index contributed by atoms with van der Waals surface area (Å²) in [5, 5.41) is 8.47. The number of hydrogen-bond acceptors (Lipinski definition) is 3. The Kier molecular flexibility index (Phi) is 3.19. The number of primary amides is 1. The highest BCUT2D eigenvalue weighted by Gasteiger charge is 2.12. The van der Waals surface area contributed by atoms with Gasteiger partial charge in [0.1, 0.15) is 0 Å². The third kappa shape index (κ3) is 2.43. The van der Waals surface area contributed by atoms with Crippen molar-refractivity contribution in [1.29, 1.82) is 0 Å². The van der Waals surface area contributed by atoms with E-state index in [0.717, 1.165) is 0 Å². The fraction of sp³-hybridized carbons (Fsp3) is 0.800.